The van der Waals surface area contributed by atoms with Crippen LogP contribution in [-0.4, -0.2) is 64.8 Å². The number of hydrogen-bond acceptors (Lipinski definition) is 7. The summed E-state index contributed by atoms with van der Waals surface area (Å²) in [6, 6.07) is 0. The number of anilines is 1. The summed E-state index contributed by atoms with van der Waals surface area (Å²) in [5.41, 5.74) is 0.0422. The molecule has 2 fully saturated rings. The first-order chi connectivity index (χ1) is 11.8. The van der Waals surface area contributed by atoms with Crippen molar-refractivity contribution in [2.75, 3.05) is 50.8 Å². The van der Waals surface area contributed by atoms with E-state index in [-0.39, 0.29) is 5.56 Å². The number of hydrogen-bond donors (Lipinski definition) is 0. The Labute approximate surface area is 145 Å². The molecule has 4 heterocycles. The Morgan fingerprint density at radius 3 is 2.67 bits per heavy atom. The number of piperidine rings is 1. The van der Waals surface area contributed by atoms with Crippen LogP contribution >= 0.6 is 11.5 Å². The highest BCUT2D eigenvalue weighted by molar-refractivity contribution is 7.13. The van der Waals surface area contributed by atoms with E-state index in [1.54, 1.807) is 6.20 Å². The minimum absolute atomic E-state index is 0.0422. The third kappa shape index (κ3) is 3.31. The molecule has 130 valence electrons. The molecule has 2 aliphatic rings. The van der Waals surface area contributed by atoms with Gasteiger partial charge < -0.3 is 14.5 Å². The SMILES string of the molecule is O=c1c2cnc(N3CCOCC3)nc2sn1CCN1CCCCC1. The molecule has 0 saturated carbocycles. The summed E-state index contributed by atoms with van der Waals surface area (Å²) in [6.45, 7) is 7.00. The molecule has 8 heteroatoms. The molecule has 0 N–H and O–H groups in total. The van der Waals surface area contributed by atoms with Gasteiger partial charge in [0.1, 0.15) is 0 Å². The van der Waals surface area contributed by atoms with Crippen LogP contribution in [0.2, 0.25) is 0 Å². The Morgan fingerprint density at radius 1 is 1.08 bits per heavy atom. The normalized spacial score (nSPS) is 19.9. The van der Waals surface area contributed by atoms with Gasteiger partial charge in [0, 0.05) is 32.4 Å². The molecule has 0 bridgehead atoms. The molecule has 2 aromatic heterocycles. The maximum atomic E-state index is 12.5. The van der Waals surface area contributed by atoms with Crippen molar-refractivity contribution in [3.8, 4) is 0 Å². The van der Waals surface area contributed by atoms with Crippen LogP contribution in [0.3, 0.4) is 0 Å². The lowest BCUT2D eigenvalue weighted by molar-refractivity contribution is 0.122. The van der Waals surface area contributed by atoms with Crippen LogP contribution in [0.1, 0.15) is 19.3 Å². The van der Waals surface area contributed by atoms with E-state index in [9.17, 15) is 4.79 Å². The molecule has 4 rings (SSSR count). The summed E-state index contributed by atoms with van der Waals surface area (Å²) in [5, 5.41) is 0.635. The molecular formula is C16H23N5O2S. The number of likely N-dealkylation sites (tertiary alicyclic amines) is 1. The van der Waals surface area contributed by atoms with E-state index < -0.39 is 0 Å². The largest absolute Gasteiger partial charge is 0.378 e. The zero-order valence-electron chi connectivity index (χ0n) is 13.8. The quantitative estimate of drug-likeness (QED) is 0.826. The fourth-order valence-corrected chi connectivity index (χ4v) is 4.26. The molecule has 0 atom stereocenters. The lowest BCUT2D eigenvalue weighted by Crippen LogP contribution is -2.37. The molecule has 0 aliphatic carbocycles. The van der Waals surface area contributed by atoms with Gasteiger partial charge in [-0.1, -0.05) is 6.42 Å². The molecule has 0 radical (unpaired) electrons. The van der Waals surface area contributed by atoms with Crippen LogP contribution in [0.5, 0.6) is 0 Å². The van der Waals surface area contributed by atoms with E-state index in [1.165, 1.54) is 30.8 Å². The van der Waals surface area contributed by atoms with E-state index in [4.69, 9.17) is 4.74 Å². The second-order valence-corrected chi connectivity index (χ2v) is 7.40. The Kier molecular flexibility index (Phi) is 4.77. The molecule has 0 amide bonds. The molecule has 2 aromatic rings. The van der Waals surface area contributed by atoms with Crippen molar-refractivity contribution < 1.29 is 4.74 Å². The molecule has 2 aliphatic heterocycles. The second-order valence-electron chi connectivity index (χ2n) is 6.39. The maximum absolute atomic E-state index is 12.5. The molecule has 2 saturated heterocycles. The summed E-state index contributed by atoms with van der Waals surface area (Å²) < 4.78 is 7.20. The highest BCUT2D eigenvalue weighted by Gasteiger charge is 2.17. The smallest absolute Gasteiger partial charge is 0.271 e. The minimum atomic E-state index is 0.0422. The molecule has 0 unspecified atom stereocenters. The van der Waals surface area contributed by atoms with Gasteiger partial charge in [0.2, 0.25) is 5.95 Å². The van der Waals surface area contributed by atoms with Gasteiger partial charge in [-0.05, 0) is 37.5 Å². The van der Waals surface area contributed by atoms with Crippen LogP contribution in [-0.2, 0) is 11.3 Å². The summed E-state index contributed by atoms with van der Waals surface area (Å²) in [5.74, 6) is 0.704. The zero-order valence-corrected chi connectivity index (χ0v) is 14.6. The monoisotopic (exact) mass is 349 g/mol. The predicted molar refractivity (Wildman–Crippen MR) is 95.0 cm³/mol. The summed E-state index contributed by atoms with van der Waals surface area (Å²) >= 11 is 1.46. The van der Waals surface area contributed by atoms with E-state index in [2.05, 4.69) is 19.8 Å². The average molecular weight is 349 g/mol. The Hall–Kier alpha value is -1.51. The number of morpholine rings is 1. The van der Waals surface area contributed by atoms with Crippen molar-refractivity contribution in [2.45, 2.75) is 25.8 Å². The Balaban J connectivity index is 1.51. The lowest BCUT2D eigenvalue weighted by Gasteiger charge is -2.26. The fourth-order valence-electron chi connectivity index (χ4n) is 3.33. The van der Waals surface area contributed by atoms with E-state index in [0.717, 1.165) is 44.1 Å². The first-order valence-corrected chi connectivity index (χ1v) is 9.50. The van der Waals surface area contributed by atoms with E-state index >= 15 is 0 Å². The molecular weight excluding hydrogens is 326 g/mol. The van der Waals surface area contributed by atoms with Gasteiger partial charge >= 0.3 is 0 Å². The summed E-state index contributed by atoms with van der Waals surface area (Å²) in [6.07, 6.45) is 5.56. The highest BCUT2D eigenvalue weighted by atomic mass is 32.1. The third-order valence-corrected chi connectivity index (χ3v) is 5.81. The first-order valence-electron chi connectivity index (χ1n) is 8.73. The van der Waals surface area contributed by atoms with Crippen molar-refractivity contribution in [2.24, 2.45) is 0 Å². The number of ether oxygens (including phenoxy) is 1. The number of rotatable bonds is 4. The number of nitrogens with zero attached hydrogens (tertiary/aromatic N) is 5. The van der Waals surface area contributed by atoms with Crippen LogP contribution in [0.25, 0.3) is 10.2 Å². The standard InChI is InChI=1S/C16H23N5O2S/c22-15-13-12-17-16(20-8-10-23-11-9-20)18-14(13)24-21(15)7-6-19-4-2-1-3-5-19/h12H,1-11H2. The Morgan fingerprint density at radius 2 is 1.88 bits per heavy atom. The van der Waals surface area contributed by atoms with Crippen molar-refractivity contribution in [3.05, 3.63) is 16.6 Å². The molecule has 7 nitrogen and oxygen atoms in total. The average Bonchev–Trinajstić information content (AvgIpc) is 2.97. The first kappa shape index (κ1) is 16.0. The van der Waals surface area contributed by atoms with Gasteiger partial charge in [-0.25, -0.2) is 9.97 Å². The van der Waals surface area contributed by atoms with Crippen molar-refractivity contribution >= 4 is 27.7 Å². The van der Waals surface area contributed by atoms with Gasteiger partial charge in [-0.15, -0.1) is 0 Å². The summed E-state index contributed by atoms with van der Waals surface area (Å²) in [4.78, 5) is 26.9. The highest BCUT2D eigenvalue weighted by Crippen LogP contribution is 2.18. The van der Waals surface area contributed by atoms with Gasteiger partial charge in [0.05, 0.1) is 18.6 Å². The minimum Gasteiger partial charge on any atom is -0.378 e. The van der Waals surface area contributed by atoms with Gasteiger partial charge in [0.15, 0.2) is 4.83 Å². The van der Waals surface area contributed by atoms with Crippen LogP contribution in [0, 0.1) is 0 Å². The topological polar surface area (TPSA) is 63.5 Å². The van der Waals surface area contributed by atoms with Crippen LogP contribution in [0.15, 0.2) is 11.0 Å². The van der Waals surface area contributed by atoms with E-state index in [0.29, 0.717) is 24.5 Å². The van der Waals surface area contributed by atoms with Gasteiger partial charge in [-0.2, -0.15) is 0 Å². The zero-order chi connectivity index (χ0) is 16.4. The molecule has 24 heavy (non-hydrogen) atoms. The predicted octanol–water partition coefficient (Wildman–Crippen LogP) is 1.18. The summed E-state index contributed by atoms with van der Waals surface area (Å²) in [7, 11) is 0. The number of aromatic nitrogens is 3. The van der Waals surface area contributed by atoms with Crippen molar-refractivity contribution in [1.29, 1.82) is 0 Å². The van der Waals surface area contributed by atoms with Crippen LogP contribution in [0.4, 0.5) is 5.95 Å². The number of fused-ring (bicyclic) bond motifs is 1. The fraction of sp³-hybridized carbons (Fsp3) is 0.688. The third-order valence-electron chi connectivity index (χ3n) is 4.76. The van der Waals surface area contributed by atoms with Gasteiger partial charge in [0.25, 0.3) is 5.56 Å². The Bertz CT molecular complexity index is 746. The van der Waals surface area contributed by atoms with E-state index in [1.807, 2.05) is 3.96 Å². The van der Waals surface area contributed by atoms with Gasteiger partial charge in [-0.3, -0.25) is 8.75 Å². The molecule has 0 spiro atoms. The lowest BCUT2D eigenvalue weighted by atomic mass is 10.1. The van der Waals surface area contributed by atoms with Crippen molar-refractivity contribution in [1.82, 2.24) is 18.8 Å². The van der Waals surface area contributed by atoms with Crippen LogP contribution < -0.4 is 10.5 Å². The second kappa shape index (κ2) is 7.16. The maximum Gasteiger partial charge on any atom is 0.271 e. The molecule has 0 aromatic carbocycles. The van der Waals surface area contributed by atoms with Crippen molar-refractivity contribution in [3.63, 3.8) is 0 Å².